The van der Waals surface area contributed by atoms with Gasteiger partial charge in [0.15, 0.2) is 12.4 Å². The van der Waals surface area contributed by atoms with E-state index >= 15 is 0 Å². The number of furan rings is 2. The Morgan fingerprint density at radius 1 is 1.04 bits per heavy atom. The van der Waals surface area contributed by atoms with Crippen LogP contribution in [0.1, 0.15) is 16.1 Å². The fraction of sp³-hybridized carbons (Fsp3) is 0.100. The van der Waals surface area contributed by atoms with Crippen LogP contribution in [0, 0.1) is 0 Å². The summed E-state index contributed by atoms with van der Waals surface area (Å²) in [5.41, 5.74) is 1.54. The summed E-state index contributed by atoms with van der Waals surface area (Å²) in [4.78, 5) is 24.1. The Bertz CT molecular complexity index is 1080. The summed E-state index contributed by atoms with van der Waals surface area (Å²) < 4.78 is 21.0. The molecule has 2 aromatic carbocycles. The molecular formula is C20H14O6. The van der Waals surface area contributed by atoms with Crippen LogP contribution in [0.25, 0.3) is 21.9 Å². The predicted octanol–water partition coefficient (Wildman–Crippen LogP) is 3.96. The van der Waals surface area contributed by atoms with E-state index in [1.165, 1.54) is 13.4 Å². The minimum atomic E-state index is -0.490. The Hall–Kier alpha value is -3.54. The third kappa shape index (κ3) is 2.82. The smallest absolute Gasteiger partial charge is 0.343 e. The summed E-state index contributed by atoms with van der Waals surface area (Å²) in [6.45, 7) is -0.216. The minimum Gasteiger partial charge on any atom is -0.482 e. The molecule has 0 saturated carbocycles. The monoisotopic (exact) mass is 350 g/mol. The number of benzene rings is 2. The molecule has 0 bridgehead atoms. The van der Waals surface area contributed by atoms with Gasteiger partial charge in [0.25, 0.3) is 0 Å². The number of fused-ring (bicyclic) bond motifs is 2. The van der Waals surface area contributed by atoms with Crippen molar-refractivity contribution >= 4 is 33.7 Å². The highest BCUT2D eigenvalue weighted by atomic mass is 16.6. The lowest BCUT2D eigenvalue weighted by Gasteiger charge is -2.04. The molecule has 0 radical (unpaired) electrons. The molecule has 0 aliphatic heterocycles. The Kier molecular flexibility index (Phi) is 3.93. The first-order valence-corrected chi connectivity index (χ1v) is 7.90. The number of rotatable bonds is 5. The summed E-state index contributed by atoms with van der Waals surface area (Å²) in [6, 6.07) is 14.1. The van der Waals surface area contributed by atoms with Crippen LogP contribution in [0.3, 0.4) is 0 Å². The van der Waals surface area contributed by atoms with Gasteiger partial charge in [-0.1, -0.05) is 18.2 Å². The fourth-order valence-corrected chi connectivity index (χ4v) is 2.70. The van der Waals surface area contributed by atoms with E-state index in [0.717, 1.165) is 5.39 Å². The lowest BCUT2D eigenvalue weighted by molar-refractivity contribution is -0.142. The van der Waals surface area contributed by atoms with Crippen molar-refractivity contribution in [1.82, 2.24) is 0 Å². The fourth-order valence-electron chi connectivity index (χ4n) is 2.70. The summed E-state index contributed by atoms with van der Waals surface area (Å²) in [5.74, 6) is -0.112. The van der Waals surface area contributed by atoms with Gasteiger partial charge in [-0.05, 0) is 30.3 Å². The van der Waals surface area contributed by atoms with Gasteiger partial charge in [0, 0.05) is 10.8 Å². The summed E-state index contributed by atoms with van der Waals surface area (Å²) in [7, 11) is 1.29. The molecule has 0 amide bonds. The van der Waals surface area contributed by atoms with E-state index in [9.17, 15) is 9.59 Å². The van der Waals surface area contributed by atoms with Gasteiger partial charge in [-0.15, -0.1) is 0 Å². The number of methoxy groups -OCH3 is 1. The number of ether oxygens (including phenoxy) is 2. The van der Waals surface area contributed by atoms with Crippen molar-refractivity contribution in [2.75, 3.05) is 13.7 Å². The third-order valence-corrected chi connectivity index (χ3v) is 4.02. The Morgan fingerprint density at radius 3 is 2.69 bits per heavy atom. The highest BCUT2D eigenvalue weighted by Gasteiger charge is 2.20. The lowest BCUT2D eigenvalue weighted by atomic mass is 10.1. The maximum atomic E-state index is 12.8. The van der Waals surface area contributed by atoms with Crippen molar-refractivity contribution in [3.63, 3.8) is 0 Å². The molecule has 26 heavy (non-hydrogen) atoms. The molecule has 4 aromatic rings. The van der Waals surface area contributed by atoms with Gasteiger partial charge in [-0.2, -0.15) is 0 Å². The van der Waals surface area contributed by atoms with Crippen molar-refractivity contribution in [1.29, 1.82) is 0 Å². The normalized spacial score (nSPS) is 11.0. The zero-order chi connectivity index (χ0) is 18.1. The van der Waals surface area contributed by atoms with E-state index in [2.05, 4.69) is 4.74 Å². The van der Waals surface area contributed by atoms with Crippen molar-refractivity contribution in [3.8, 4) is 5.75 Å². The number of carbonyl (C=O) groups excluding carboxylic acids is 2. The Labute approximate surface area is 147 Å². The quantitative estimate of drug-likeness (QED) is 0.400. The van der Waals surface area contributed by atoms with Crippen LogP contribution >= 0.6 is 0 Å². The second-order valence-corrected chi connectivity index (χ2v) is 5.65. The molecular weight excluding hydrogens is 336 g/mol. The second-order valence-electron chi connectivity index (χ2n) is 5.65. The number of carbonyl (C=O) groups is 2. The molecule has 2 heterocycles. The molecule has 6 heteroatoms. The first kappa shape index (κ1) is 16.0. The highest BCUT2D eigenvalue weighted by molar-refractivity contribution is 6.15. The van der Waals surface area contributed by atoms with E-state index in [1.54, 1.807) is 30.3 Å². The first-order chi connectivity index (χ1) is 12.7. The van der Waals surface area contributed by atoms with Crippen LogP contribution in [0.5, 0.6) is 5.75 Å². The van der Waals surface area contributed by atoms with Crippen LogP contribution in [0.15, 0.2) is 63.6 Å². The molecule has 0 aliphatic carbocycles. The first-order valence-electron chi connectivity index (χ1n) is 7.90. The van der Waals surface area contributed by atoms with Crippen LogP contribution < -0.4 is 4.74 Å². The van der Waals surface area contributed by atoms with Gasteiger partial charge in [0.2, 0.25) is 5.78 Å². The van der Waals surface area contributed by atoms with Gasteiger partial charge in [0.05, 0.1) is 12.7 Å². The molecule has 0 N–H and O–H groups in total. The van der Waals surface area contributed by atoms with Crippen molar-refractivity contribution in [3.05, 3.63) is 66.1 Å². The van der Waals surface area contributed by atoms with Crippen molar-refractivity contribution in [2.24, 2.45) is 0 Å². The van der Waals surface area contributed by atoms with E-state index in [0.29, 0.717) is 27.9 Å². The maximum absolute atomic E-state index is 12.8. The molecule has 130 valence electrons. The molecule has 6 nitrogen and oxygen atoms in total. The zero-order valence-electron chi connectivity index (χ0n) is 13.9. The van der Waals surface area contributed by atoms with Gasteiger partial charge < -0.3 is 18.3 Å². The van der Waals surface area contributed by atoms with E-state index in [-0.39, 0.29) is 18.2 Å². The van der Waals surface area contributed by atoms with E-state index in [4.69, 9.17) is 13.6 Å². The van der Waals surface area contributed by atoms with Crippen LogP contribution in [0.4, 0.5) is 0 Å². The van der Waals surface area contributed by atoms with Crippen LogP contribution in [0.2, 0.25) is 0 Å². The van der Waals surface area contributed by atoms with Crippen LogP contribution in [-0.2, 0) is 9.53 Å². The number of hydrogen-bond donors (Lipinski definition) is 0. The molecule has 0 unspecified atom stereocenters. The predicted molar refractivity (Wildman–Crippen MR) is 93.4 cm³/mol. The molecule has 0 atom stereocenters. The van der Waals surface area contributed by atoms with Crippen molar-refractivity contribution in [2.45, 2.75) is 0 Å². The lowest BCUT2D eigenvalue weighted by Crippen LogP contribution is -2.12. The zero-order valence-corrected chi connectivity index (χ0v) is 13.9. The maximum Gasteiger partial charge on any atom is 0.343 e. The standard InChI is InChI=1S/C20H14O6/c1-23-19(21)11-24-13-6-7-17-14(9-13)15(10-25-17)20(22)18-8-12-4-2-3-5-16(12)26-18/h2-10H,11H2,1H3. The van der Waals surface area contributed by atoms with E-state index < -0.39 is 5.97 Å². The molecule has 0 saturated heterocycles. The third-order valence-electron chi connectivity index (χ3n) is 4.02. The number of esters is 1. The summed E-state index contributed by atoms with van der Waals surface area (Å²) in [6.07, 6.45) is 1.39. The molecule has 0 aliphatic rings. The minimum absolute atomic E-state index is 0.216. The molecule has 0 spiro atoms. The Morgan fingerprint density at radius 2 is 1.88 bits per heavy atom. The molecule has 2 aromatic heterocycles. The number of para-hydroxylation sites is 1. The molecule has 0 fully saturated rings. The number of hydrogen-bond acceptors (Lipinski definition) is 6. The van der Waals surface area contributed by atoms with Gasteiger partial charge in [-0.3, -0.25) is 4.79 Å². The topological polar surface area (TPSA) is 78.9 Å². The van der Waals surface area contributed by atoms with Gasteiger partial charge in [0.1, 0.15) is 23.2 Å². The average Bonchev–Trinajstić information content (AvgIpc) is 3.29. The Balaban J connectivity index is 1.68. The van der Waals surface area contributed by atoms with Crippen molar-refractivity contribution < 1.29 is 27.9 Å². The SMILES string of the molecule is COC(=O)COc1ccc2occ(C(=O)c3cc4ccccc4o3)c2c1. The number of ketones is 1. The average molecular weight is 350 g/mol. The molecule has 4 rings (SSSR count). The second kappa shape index (κ2) is 6.40. The largest absolute Gasteiger partial charge is 0.482 e. The van der Waals surface area contributed by atoms with Crippen LogP contribution in [-0.4, -0.2) is 25.5 Å². The van der Waals surface area contributed by atoms with Gasteiger partial charge in [-0.25, -0.2) is 4.79 Å². The van der Waals surface area contributed by atoms with E-state index in [1.807, 2.05) is 18.2 Å². The van der Waals surface area contributed by atoms with Gasteiger partial charge >= 0.3 is 5.97 Å². The summed E-state index contributed by atoms with van der Waals surface area (Å²) in [5, 5.41) is 1.43. The summed E-state index contributed by atoms with van der Waals surface area (Å²) >= 11 is 0. The highest BCUT2D eigenvalue weighted by Crippen LogP contribution is 2.29.